The van der Waals surface area contributed by atoms with Gasteiger partial charge in [0.05, 0.1) is 19.3 Å². The summed E-state index contributed by atoms with van der Waals surface area (Å²) < 4.78 is 24.6. The van der Waals surface area contributed by atoms with Gasteiger partial charge in [-0.05, 0) is 49.1 Å². The fourth-order valence-electron chi connectivity index (χ4n) is 3.18. The van der Waals surface area contributed by atoms with E-state index in [-0.39, 0.29) is 24.5 Å². The molecule has 1 aliphatic rings. The zero-order valence-electron chi connectivity index (χ0n) is 14.5. The van der Waals surface area contributed by atoms with Crippen molar-refractivity contribution in [1.82, 2.24) is 5.32 Å². The van der Waals surface area contributed by atoms with Crippen LogP contribution < -0.4 is 14.8 Å². The molecular formula is C20H22FNO4. The monoisotopic (exact) mass is 359 g/mol. The number of aliphatic hydroxyl groups is 1. The first-order chi connectivity index (χ1) is 12.6. The fraction of sp³-hybridized carbons (Fsp3) is 0.350. The van der Waals surface area contributed by atoms with Gasteiger partial charge in [-0.1, -0.05) is 18.2 Å². The van der Waals surface area contributed by atoms with Gasteiger partial charge in [-0.25, -0.2) is 4.39 Å². The van der Waals surface area contributed by atoms with Crippen molar-refractivity contribution in [1.29, 1.82) is 0 Å². The lowest BCUT2D eigenvalue weighted by molar-refractivity contribution is -0.125. The SMILES string of the molecule is COc1ccc(F)cc1[C@H](NC(=O)COc1ccccc1)C1CC(O)C1. The highest BCUT2D eigenvalue weighted by Gasteiger charge is 2.37. The van der Waals surface area contributed by atoms with Gasteiger partial charge in [0.1, 0.15) is 17.3 Å². The number of halogens is 1. The van der Waals surface area contributed by atoms with E-state index < -0.39 is 11.9 Å². The summed E-state index contributed by atoms with van der Waals surface area (Å²) in [5, 5.41) is 12.5. The number of nitrogens with one attached hydrogen (secondary N) is 1. The van der Waals surface area contributed by atoms with E-state index in [2.05, 4.69) is 5.32 Å². The van der Waals surface area contributed by atoms with Gasteiger partial charge < -0.3 is 19.9 Å². The molecule has 0 unspecified atom stereocenters. The summed E-state index contributed by atoms with van der Waals surface area (Å²) in [4.78, 5) is 12.4. The molecule has 5 nitrogen and oxygen atoms in total. The second-order valence-corrected chi connectivity index (χ2v) is 6.42. The van der Waals surface area contributed by atoms with Crippen LogP contribution in [0.1, 0.15) is 24.4 Å². The highest BCUT2D eigenvalue weighted by Crippen LogP contribution is 2.41. The third kappa shape index (κ3) is 4.32. The van der Waals surface area contributed by atoms with Crippen molar-refractivity contribution in [2.45, 2.75) is 25.0 Å². The summed E-state index contributed by atoms with van der Waals surface area (Å²) in [6.07, 6.45) is 0.702. The van der Waals surface area contributed by atoms with E-state index in [4.69, 9.17) is 9.47 Å². The third-order valence-corrected chi connectivity index (χ3v) is 4.58. The lowest BCUT2D eigenvalue weighted by Gasteiger charge is -2.38. The molecule has 6 heteroatoms. The Morgan fingerprint density at radius 2 is 2.00 bits per heavy atom. The molecule has 0 saturated heterocycles. The molecule has 1 fully saturated rings. The first kappa shape index (κ1) is 18.2. The van der Waals surface area contributed by atoms with Crippen LogP contribution in [0, 0.1) is 11.7 Å². The lowest BCUT2D eigenvalue weighted by atomic mass is 9.75. The van der Waals surface area contributed by atoms with Crippen LogP contribution in [0.5, 0.6) is 11.5 Å². The number of methoxy groups -OCH3 is 1. The van der Waals surface area contributed by atoms with Gasteiger partial charge in [0.25, 0.3) is 5.91 Å². The Bertz CT molecular complexity index is 747. The Morgan fingerprint density at radius 3 is 2.65 bits per heavy atom. The van der Waals surface area contributed by atoms with Crippen LogP contribution in [-0.2, 0) is 4.79 Å². The minimum absolute atomic E-state index is 0.0152. The van der Waals surface area contributed by atoms with Crippen LogP contribution in [0.2, 0.25) is 0 Å². The lowest BCUT2D eigenvalue weighted by Crippen LogP contribution is -2.43. The molecule has 1 atom stereocenters. The normalized spacial score (nSPS) is 20.0. The maximum Gasteiger partial charge on any atom is 0.258 e. The van der Waals surface area contributed by atoms with E-state index in [0.29, 0.717) is 29.9 Å². The number of benzene rings is 2. The minimum atomic E-state index is -0.448. The molecule has 1 amide bonds. The minimum Gasteiger partial charge on any atom is -0.496 e. The molecule has 138 valence electrons. The van der Waals surface area contributed by atoms with Gasteiger partial charge >= 0.3 is 0 Å². The maximum atomic E-state index is 13.8. The van der Waals surface area contributed by atoms with E-state index in [0.717, 1.165) is 0 Å². The number of rotatable bonds is 7. The first-order valence-corrected chi connectivity index (χ1v) is 8.55. The van der Waals surface area contributed by atoms with Crippen LogP contribution in [-0.4, -0.2) is 30.8 Å². The predicted octanol–water partition coefficient (Wildman–Crippen LogP) is 2.84. The van der Waals surface area contributed by atoms with Crippen molar-refractivity contribution in [3.8, 4) is 11.5 Å². The number of ether oxygens (including phenoxy) is 2. The second-order valence-electron chi connectivity index (χ2n) is 6.42. The van der Waals surface area contributed by atoms with Crippen LogP contribution in [0.3, 0.4) is 0 Å². The fourth-order valence-corrected chi connectivity index (χ4v) is 3.18. The van der Waals surface area contributed by atoms with Crippen molar-refractivity contribution in [3.63, 3.8) is 0 Å². The molecule has 2 aromatic rings. The van der Waals surface area contributed by atoms with Gasteiger partial charge in [-0.2, -0.15) is 0 Å². The van der Waals surface area contributed by atoms with Crippen molar-refractivity contribution < 1.29 is 23.8 Å². The molecule has 3 rings (SSSR count). The molecule has 2 N–H and O–H groups in total. The Labute approximate surface area is 151 Å². The summed E-state index contributed by atoms with van der Waals surface area (Å²) in [6, 6.07) is 12.8. The predicted molar refractivity (Wildman–Crippen MR) is 94.5 cm³/mol. The smallest absolute Gasteiger partial charge is 0.258 e. The average molecular weight is 359 g/mol. The molecule has 26 heavy (non-hydrogen) atoms. The molecule has 0 radical (unpaired) electrons. The molecule has 1 aliphatic carbocycles. The molecule has 0 bridgehead atoms. The van der Waals surface area contributed by atoms with E-state index >= 15 is 0 Å². The van der Waals surface area contributed by atoms with E-state index in [1.165, 1.54) is 19.2 Å². The number of carbonyl (C=O) groups excluding carboxylic acids is 1. The van der Waals surface area contributed by atoms with Crippen molar-refractivity contribution in [2.24, 2.45) is 5.92 Å². The Hall–Kier alpha value is -2.60. The highest BCUT2D eigenvalue weighted by atomic mass is 19.1. The Balaban J connectivity index is 1.72. The number of para-hydroxylation sites is 1. The quantitative estimate of drug-likeness (QED) is 0.798. The molecule has 0 spiro atoms. The maximum absolute atomic E-state index is 13.8. The highest BCUT2D eigenvalue weighted by molar-refractivity contribution is 5.78. The number of aliphatic hydroxyl groups excluding tert-OH is 1. The Morgan fingerprint density at radius 1 is 1.27 bits per heavy atom. The summed E-state index contributed by atoms with van der Waals surface area (Å²) in [5.41, 5.74) is 0.567. The molecule has 0 aromatic heterocycles. The largest absolute Gasteiger partial charge is 0.496 e. The standard InChI is InChI=1S/C20H22FNO4/c1-25-18-8-7-14(21)11-17(18)20(13-9-15(23)10-13)22-19(24)12-26-16-5-3-2-4-6-16/h2-8,11,13,15,20,23H,9-10,12H2,1H3,(H,22,24)/t13?,15?,20-/m1/s1. The van der Waals surface area contributed by atoms with Crippen LogP contribution in [0.25, 0.3) is 0 Å². The molecule has 1 saturated carbocycles. The molecular weight excluding hydrogens is 337 g/mol. The molecule has 2 aromatic carbocycles. The van der Waals surface area contributed by atoms with Gasteiger partial charge in [0.2, 0.25) is 0 Å². The summed E-state index contributed by atoms with van der Waals surface area (Å²) >= 11 is 0. The van der Waals surface area contributed by atoms with Crippen LogP contribution in [0.4, 0.5) is 4.39 Å². The zero-order valence-corrected chi connectivity index (χ0v) is 14.5. The average Bonchev–Trinajstić information content (AvgIpc) is 2.63. The Kier molecular flexibility index (Phi) is 5.73. The van der Waals surface area contributed by atoms with Crippen molar-refractivity contribution >= 4 is 5.91 Å². The number of hydrogen-bond donors (Lipinski definition) is 2. The topological polar surface area (TPSA) is 67.8 Å². The second kappa shape index (κ2) is 8.19. The number of amides is 1. The first-order valence-electron chi connectivity index (χ1n) is 8.55. The van der Waals surface area contributed by atoms with Gasteiger partial charge in [-0.3, -0.25) is 4.79 Å². The van der Waals surface area contributed by atoms with Crippen LogP contribution in [0.15, 0.2) is 48.5 Å². The van der Waals surface area contributed by atoms with E-state index in [9.17, 15) is 14.3 Å². The van der Waals surface area contributed by atoms with Gasteiger partial charge in [0.15, 0.2) is 6.61 Å². The van der Waals surface area contributed by atoms with Crippen molar-refractivity contribution in [3.05, 3.63) is 59.9 Å². The summed E-state index contributed by atoms with van der Waals surface area (Å²) in [6.45, 7) is -0.145. The van der Waals surface area contributed by atoms with E-state index in [1.807, 2.05) is 18.2 Å². The third-order valence-electron chi connectivity index (χ3n) is 4.58. The van der Waals surface area contributed by atoms with Gasteiger partial charge in [-0.15, -0.1) is 0 Å². The molecule has 0 heterocycles. The van der Waals surface area contributed by atoms with Crippen molar-refractivity contribution in [2.75, 3.05) is 13.7 Å². The number of hydrogen-bond acceptors (Lipinski definition) is 4. The summed E-state index contributed by atoms with van der Waals surface area (Å²) in [5.74, 6) is 0.400. The van der Waals surface area contributed by atoms with E-state index in [1.54, 1.807) is 18.2 Å². The number of carbonyl (C=O) groups is 1. The van der Waals surface area contributed by atoms with Gasteiger partial charge in [0, 0.05) is 5.56 Å². The van der Waals surface area contributed by atoms with Crippen LogP contribution >= 0.6 is 0 Å². The summed E-state index contributed by atoms with van der Waals surface area (Å²) in [7, 11) is 1.50. The zero-order chi connectivity index (χ0) is 18.5. The molecule has 0 aliphatic heterocycles.